The highest BCUT2D eigenvalue weighted by Crippen LogP contribution is 2.24. The van der Waals surface area contributed by atoms with Crippen LogP contribution in [0.25, 0.3) is 0 Å². The van der Waals surface area contributed by atoms with Gasteiger partial charge in [0.05, 0.1) is 0 Å². The number of benzene rings is 1. The van der Waals surface area contributed by atoms with Crippen molar-refractivity contribution in [2.75, 3.05) is 6.54 Å². The number of carboxylic acid groups (broad SMARTS) is 1. The summed E-state index contributed by atoms with van der Waals surface area (Å²) in [4.78, 5) is 11.3. The number of hydrogen-bond donors (Lipinski definition) is 2. The number of rotatable bonds is 5. The Bertz CT molecular complexity index is 377. The average molecular weight is 284 g/mol. The molecule has 1 aromatic carbocycles. The second-order valence-corrected chi connectivity index (χ2v) is 5.09. The monoisotopic (exact) mass is 283 g/mol. The quantitative estimate of drug-likeness (QED) is 0.871. The summed E-state index contributed by atoms with van der Waals surface area (Å²) in [5, 5.41) is 12.5. The minimum Gasteiger partial charge on any atom is -0.480 e. The number of halogens is 1. The zero-order valence-electron chi connectivity index (χ0n) is 11.0. The molecule has 1 aliphatic carbocycles. The van der Waals surface area contributed by atoms with Crippen molar-refractivity contribution in [2.45, 2.75) is 38.1 Å². The fraction of sp³-hybridized carbons (Fsp3) is 0.533. The van der Waals surface area contributed by atoms with Crippen LogP contribution in [-0.4, -0.2) is 17.6 Å². The Morgan fingerprint density at radius 1 is 1.21 bits per heavy atom. The lowest BCUT2D eigenvalue weighted by Gasteiger charge is -2.24. The van der Waals surface area contributed by atoms with Gasteiger partial charge < -0.3 is 10.4 Å². The lowest BCUT2D eigenvalue weighted by molar-refractivity contribution is -0.139. The molecule has 3 nitrogen and oxygen atoms in total. The topological polar surface area (TPSA) is 49.3 Å². The van der Waals surface area contributed by atoms with Gasteiger partial charge in [0.25, 0.3) is 0 Å². The lowest BCUT2D eigenvalue weighted by Crippen LogP contribution is -2.33. The van der Waals surface area contributed by atoms with Crippen LogP contribution in [0.15, 0.2) is 30.3 Å². The smallest absolute Gasteiger partial charge is 0.325 e. The Hall–Kier alpha value is -1.06. The van der Waals surface area contributed by atoms with Crippen LogP contribution in [0.1, 0.15) is 43.7 Å². The summed E-state index contributed by atoms with van der Waals surface area (Å²) >= 11 is 0. The molecule has 1 unspecified atom stereocenters. The van der Waals surface area contributed by atoms with Gasteiger partial charge in [-0.1, -0.05) is 49.6 Å². The summed E-state index contributed by atoms with van der Waals surface area (Å²) in [7, 11) is 0. The molecule has 106 valence electrons. The van der Waals surface area contributed by atoms with Crippen LogP contribution in [-0.2, 0) is 4.79 Å². The Morgan fingerprint density at radius 2 is 1.84 bits per heavy atom. The molecule has 0 radical (unpaired) electrons. The van der Waals surface area contributed by atoms with E-state index in [0.717, 1.165) is 12.1 Å². The molecule has 0 amide bonds. The molecule has 2 rings (SSSR count). The van der Waals surface area contributed by atoms with E-state index < -0.39 is 12.0 Å². The minimum absolute atomic E-state index is 0. The molecule has 4 heteroatoms. The van der Waals surface area contributed by atoms with E-state index in [2.05, 4.69) is 5.32 Å². The summed E-state index contributed by atoms with van der Waals surface area (Å²) in [6.07, 6.45) is 6.37. The molecule has 1 atom stereocenters. The molecule has 19 heavy (non-hydrogen) atoms. The van der Waals surface area contributed by atoms with Crippen molar-refractivity contribution in [3.63, 3.8) is 0 Å². The number of carboxylic acids is 1. The molecular weight excluding hydrogens is 262 g/mol. The minimum atomic E-state index is -0.794. The molecule has 0 heterocycles. The van der Waals surface area contributed by atoms with Gasteiger partial charge in [0.1, 0.15) is 6.04 Å². The van der Waals surface area contributed by atoms with Crippen LogP contribution in [0.3, 0.4) is 0 Å². The highest BCUT2D eigenvalue weighted by atomic mass is 35.5. The largest absolute Gasteiger partial charge is 0.480 e. The zero-order valence-corrected chi connectivity index (χ0v) is 11.9. The maximum absolute atomic E-state index is 11.3. The standard InChI is InChI=1S/C15H21NO2.ClH/c17-15(18)14(13-9-5-2-6-10-13)16-11-12-7-3-1-4-8-12;/h2,5-6,9-10,12,14,16H,1,3-4,7-8,11H2,(H,17,18);1H. The van der Waals surface area contributed by atoms with Crippen LogP contribution in [0, 0.1) is 5.92 Å². The van der Waals surface area contributed by atoms with E-state index >= 15 is 0 Å². The molecule has 0 spiro atoms. The Kier molecular flexibility index (Phi) is 6.89. The molecule has 0 saturated heterocycles. The van der Waals surface area contributed by atoms with Crippen molar-refractivity contribution < 1.29 is 9.90 Å². The molecule has 0 aromatic heterocycles. The summed E-state index contributed by atoms with van der Waals surface area (Å²) in [6.45, 7) is 0.811. The van der Waals surface area contributed by atoms with Crippen molar-refractivity contribution in [1.82, 2.24) is 5.32 Å². The van der Waals surface area contributed by atoms with Crippen LogP contribution in [0.4, 0.5) is 0 Å². The van der Waals surface area contributed by atoms with Crippen LogP contribution >= 0.6 is 12.4 Å². The van der Waals surface area contributed by atoms with E-state index in [0.29, 0.717) is 5.92 Å². The Balaban J connectivity index is 0.00000180. The van der Waals surface area contributed by atoms with Crippen molar-refractivity contribution in [2.24, 2.45) is 5.92 Å². The molecule has 1 aromatic rings. The molecule has 1 saturated carbocycles. The van der Waals surface area contributed by atoms with E-state index in [4.69, 9.17) is 0 Å². The molecule has 1 fully saturated rings. The Morgan fingerprint density at radius 3 is 2.42 bits per heavy atom. The summed E-state index contributed by atoms with van der Waals surface area (Å²) in [5.41, 5.74) is 0.834. The Labute approximate surface area is 120 Å². The second-order valence-electron chi connectivity index (χ2n) is 5.09. The average Bonchev–Trinajstić information content (AvgIpc) is 2.41. The summed E-state index contributed by atoms with van der Waals surface area (Å²) in [5.74, 6) is -0.152. The van der Waals surface area contributed by atoms with Crippen molar-refractivity contribution in [3.05, 3.63) is 35.9 Å². The fourth-order valence-corrected chi connectivity index (χ4v) is 2.67. The first kappa shape index (κ1) is 16.0. The maximum Gasteiger partial charge on any atom is 0.325 e. The van der Waals surface area contributed by atoms with Gasteiger partial charge in [0.2, 0.25) is 0 Å². The van der Waals surface area contributed by atoms with Crippen molar-refractivity contribution in [3.8, 4) is 0 Å². The first-order valence-electron chi connectivity index (χ1n) is 6.78. The van der Waals surface area contributed by atoms with Gasteiger partial charge in [0, 0.05) is 0 Å². The zero-order chi connectivity index (χ0) is 12.8. The number of carbonyl (C=O) groups is 1. The highest BCUT2D eigenvalue weighted by Gasteiger charge is 2.21. The maximum atomic E-state index is 11.3. The third kappa shape index (κ3) is 4.84. The molecule has 2 N–H and O–H groups in total. The van der Waals surface area contributed by atoms with E-state index in [1.165, 1.54) is 32.1 Å². The highest BCUT2D eigenvalue weighted by molar-refractivity contribution is 5.85. The number of nitrogens with one attached hydrogen (secondary N) is 1. The summed E-state index contributed by atoms with van der Waals surface area (Å²) < 4.78 is 0. The van der Waals surface area contributed by atoms with Gasteiger partial charge in [0.15, 0.2) is 0 Å². The first-order valence-corrected chi connectivity index (χ1v) is 6.78. The molecule has 0 bridgehead atoms. The predicted octanol–water partition coefficient (Wildman–Crippen LogP) is 3.40. The van der Waals surface area contributed by atoms with Gasteiger partial charge in [-0.05, 0) is 30.9 Å². The molecule has 0 aliphatic heterocycles. The van der Waals surface area contributed by atoms with E-state index in [-0.39, 0.29) is 12.4 Å². The third-order valence-corrected chi connectivity index (χ3v) is 3.72. The van der Waals surface area contributed by atoms with Gasteiger partial charge >= 0.3 is 5.97 Å². The normalized spacial score (nSPS) is 17.5. The first-order chi connectivity index (χ1) is 8.77. The predicted molar refractivity (Wildman–Crippen MR) is 78.6 cm³/mol. The van der Waals surface area contributed by atoms with Crippen LogP contribution < -0.4 is 5.32 Å². The van der Waals surface area contributed by atoms with Crippen LogP contribution in [0.2, 0.25) is 0 Å². The number of hydrogen-bond acceptors (Lipinski definition) is 2. The SMILES string of the molecule is Cl.O=C(O)C(NCC1CCCCC1)c1ccccc1. The second kappa shape index (κ2) is 8.18. The van der Waals surface area contributed by atoms with Gasteiger partial charge in [-0.2, -0.15) is 0 Å². The number of aliphatic carboxylic acids is 1. The van der Waals surface area contributed by atoms with Crippen LogP contribution in [0.5, 0.6) is 0 Å². The fourth-order valence-electron chi connectivity index (χ4n) is 2.67. The van der Waals surface area contributed by atoms with Crippen molar-refractivity contribution >= 4 is 18.4 Å². The van der Waals surface area contributed by atoms with E-state index in [1.54, 1.807) is 0 Å². The van der Waals surface area contributed by atoms with Gasteiger partial charge in [-0.15, -0.1) is 12.4 Å². The third-order valence-electron chi connectivity index (χ3n) is 3.72. The van der Waals surface area contributed by atoms with Crippen molar-refractivity contribution in [1.29, 1.82) is 0 Å². The van der Waals surface area contributed by atoms with Gasteiger partial charge in [-0.25, -0.2) is 0 Å². The lowest BCUT2D eigenvalue weighted by atomic mass is 9.89. The summed E-state index contributed by atoms with van der Waals surface area (Å²) in [6, 6.07) is 8.83. The molecule has 1 aliphatic rings. The van der Waals surface area contributed by atoms with E-state index in [9.17, 15) is 9.90 Å². The molecular formula is C15H22ClNO2. The van der Waals surface area contributed by atoms with E-state index in [1.807, 2.05) is 30.3 Å². The van der Waals surface area contributed by atoms with Gasteiger partial charge in [-0.3, -0.25) is 4.79 Å².